The minimum atomic E-state index is -0.840. The van der Waals surface area contributed by atoms with Crippen LogP contribution in [0.25, 0.3) is 6.08 Å². The smallest absolute Gasteiger partial charge is 0.335 e. The van der Waals surface area contributed by atoms with Gasteiger partial charge in [0, 0.05) is 10.0 Å². The van der Waals surface area contributed by atoms with Crippen molar-refractivity contribution in [2.45, 2.75) is 6.61 Å². The Bertz CT molecular complexity index is 1360. The maximum absolute atomic E-state index is 13.2. The van der Waals surface area contributed by atoms with Crippen molar-refractivity contribution >= 4 is 68.7 Å². The number of hydrogen-bond donors (Lipinski definition) is 1. The molecule has 1 aliphatic rings. The van der Waals surface area contributed by atoms with Crippen LogP contribution in [0.2, 0.25) is 10.0 Å². The van der Waals surface area contributed by atoms with Crippen LogP contribution in [0.5, 0.6) is 11.5 Å². The standard InChI is InChI=1S/C25H17BrCl2N2O5/c1-34-18-6-4-17(5-7-18)30-24(32)19(23(31)29-25(30)33)12-15-11-16(26)3-9-22(15)35-13-14-2-8-20(27)21(28)10-14/h2-12H,13H2,1H3,(H,29,31,33)/b19-12+. The molecule has 1 fully saturated rings. The first-order valence-corrected chi connectivity index (χ1v) is 11.7. The van der Waals surface area contributed by atoms with E-state index in [2.05, 4.69) is 21.2 Å². The monoisotopic (exact) mass is 574 g/mol. The Morgan fingerprint density at radius 2 is 1.71 bits per heavy atom. The maximum Gasteiger partial charge on any atom is 0.335 e. The molecule has 178 valence electrons. The molecule has 3 aromatic carbocycles. The summed E-state index contributed by atoms with van der Waals surface area (Å²) in [5.41, 5.74) is 1.31. The summed E-state index contributed by atoms with van der Waals surface area (Å²) in [6.07, 6.45) is 1.38. The molecule has 0 atom stereocenters. The van der Waals surface area contributed by atoms with Gasteiger partial charge in [-0.05, 0) is 66.2 Å². The highest BCUT2D eigenvalue weighted by atomic mass is 79.9. The topological polar surface area (TPSA) is 84.9 Å². The van der Waals surface area contributed by atoms with Gasteiger partial charge in [0.1, 0.15) is 23.7 Å². The van der Waals surface area contributed by atoms with Gasteiger partial charge < -0.3 is 9.47 Å². The van der Waals surface area contributed by atoms with Gasteiger partial charge in [-0.1, -0.05) is 45.2 Å². The first-order valence-electron chi connectivity index (χ1n) is 10.2. The summed E-state index contributed by atoms with van der Waals surface area (Å²) in [4.78, 5) is 39.2. The number of nitrogens with zero attached hydrogens (tertiary/aromatic N) is 1. The first kappa shape index (κ1) is 24.8. The molecule has 1 heterocycles. The number of amides is 4. The van der Waals surface area contributed by atoms with E-state index in [4.69, 9.17) is 32.7 Å². The highest BCUT2D eigenvalue weighted by Crippen LogP contribution is 2.30. The van der Waals surface area contributed by atoms with Gasteiger partial charge in [-0.3, -0.25) is 14.9 Å². The van der Waals surface area contributed by atoms with E-state index in [-0.39, 0.29) is 17.9 Å². The van der Waals surface area contributed by atoms with Crippen molar-refractivity contribution in [2.75, 3.05) is 12.0 Å². The Labute approximate surface area is 219 Å². The number of urea groups is 1. The normalized spacial score (nSPS) is 14.8. The number of carbonyl (C=O) groups is 3. The van der Waals surface area contributed by atoms with Crippen molar-refractivity contribution in [1.82, 2.24) is 5.32 Å². The lowest BCUT2D eigenvalue weighted by atomic mass is 10.1. The molecule has 1 saturated heterocycles. The molecule has 4 rings (SSSR count). The van der Waals surface area contributed by atoms with Crippen LogP contribution in [0.15, 0.2) is 70.7 Å². The molecule has 0 saturated carbocycles. The van der Waals surface area contributed by atoms with E-state index in [1.807, 2.05) is 0 Å². The van der Waals surface area contributed by atoms with Crippen LogP contribution in [0.3, 0.4) is 0 Å². The molecule has 7 nitrogen and oxygen atoms in total. The Kier molecular flexibility index (Phi) is 7.45. The molecule has 0 radical (unpaired) electrons. The van der Waals surface area contributed by atoms with E-state index in [1.165, 1.54) is 13.2 Å². The number of anilines is 1. The summed E-state index contributed by atoms with van der Waals surface area (Å²) in [5.74, 6) is -0.594. The molecular formula is C25H17BrCl2N2O5. The number of benzene rings is 3. The summed E-state index contributed by atoms with van der Waals surface area (Å²) < 4.78 is 11.8. The summed E-state index contributed by atoms with van der Waals surface area (Å²) in [5, 5.41) is 3.04. The zero-order chi connectivity index (χ0) is 25.1. The third-order valence-electron chi connectivity index (χ3n) is 5.08. The molecule has 3 aromatic rings. The zero-order valence-corrected chi connectivity index (χ0v) is 21.3. The van der Waals surface area contributed by atoms with Gasteiger partial charge >= 0.3 is 6.03 Å². The molecule has 0 bridgehead atoms. The minimum absolute atomic E-state index is 0.172. The average molecular weight is 576 g/mol. The summed E-state index contributed by atoms with van der Waals surface area (Å²) in [6.45, 7) is 0.172. The SMILES string of the molecule is COc1ccc(N2C(=O)NC(=O)/C(=C\c3cc(Br)ccc3OCc3ccc(Cl)c(Cl)c3)C2=O)cc1. The zero-order valence-electron chi connectivity index (χ0n) is 18.2. The van der Waals surface area contributed by atoms with Crippen LogP contribution in [0, 0.1) is 0 Å². The van der Waals surface area contributed by atoms with Crippen LogP contribution >= 0.6 is 39.1 Å². The Hall–Kier alpha value is -3.33. The number of methoxy groups -OCH3 is 1. The third kappa shape index (κ3) is 5.51. The molecule has 0 aromatic heterocycles. The van der Waals surface area contributed by atoms with Crippen LogP contribution < -0.4 is 19.7 Å². The fourth-order valence-corrected chi connectivity index (χ4v) is 4.03. The second-order valence-corrected chi connectivity index (χ2v) is 9.11. The van der Waals surface area contributed by atoms with Crippen LogP contribution in [0.4, 0.5) is 10.5 Å². The molecule has 1 N–H and O–H groups in total. The molecule has 1 aliphatic heterocycles. The number of hydrogen-bond acceptors (Lipinski definition) is 5. The lowest BCUT2D eigenvalue weighted by Gasteiger charge is -2.26. The largest absolute Gasteiger partial charge is 0.497 e. The number of ether oxygens (including phenoxy) is 2. The Morgan fingerprint density at radius 3 is 2.40 bits per heavy atom. The molecular weight excluding hydrogens is 559 g/mol. The molecule has 0 unspecified atom stereocenters. The second kappa shape index (κ2) is 10.5. The number of nitrogens with one attached hydrogen (secondary N) is 1. The minimum Gasteiger partial charge on any atom is -0.497 e. The summed E-state index contributed by atoms with van der Waals surface area (Å²) in [7, 11) is 1.51. The number of barbiturate groups is 1. The van der Waals surface area contributed by atoms with Gasteiger partial charge in [0.25, 0.3) is 11.8 Å². The van der Waals surface area contributed by atoms with Crippen molar-refractivity contribution in [1.29, 1.82) is 0 Å². The second-order valence-electron chi connectivity index (χ2n) is 7.38. The van der Waals surface area contributed by atoms with E-state index in [0.29, 0.717) is 31.6 Å². The Balaban J connectivity index is 1.65. The van der Waals surface area contributed by atoms with Gasteiger partial charge in [-0.15, -0.1) is 0 Å². The van der Waals surface area contributed by atoms with Gasteiger partial charge in [0.05, 0.1) is 22.8 Å². The van der Waals surface area contributed by atoms with E-state index >= 15 is 0 Å². The molecule has 0 spiro atoms. The van der Waals surface area contributed by atoms with Crippen molar-refractivity contribution in [3.05, 3.63) is 91.9 Å². The van der Waals surface area contributed by atoms with E-state index in [0.717, 1.165) is 10.5 Å². The fourth-order valence-electron chi connectivity index (χ4n) is 3.33. The molecule has 35 heavy (non-hydrogen) atoms. The Morgan fingerprint density at radius 1 is 0.971 bits per heavy atom. The number of rotatable bonds is 6. The molecule has 0 aliphatic carbocycles. The average Bonchev–Trinajstić information content (AvgIpc) is 2.83. The van der Waals surface area contributed by atoms with E-state index in [9.17, 15) is 14.4 Å². The quantitative estimate of drug-likeness (QED) is 0.287. The highest BCUT2D eigenvalue weighted by Gasteiger charge is 2.37. The predicted molar refractivity (Wildman–Crippen MR) is 137 cm³/mol. The number of carbonyl (C=O) groups excluding carboxylic acids is 3. The lowest BCUT2D eigenvalue weighted by Crippen LogP contribution is -2.54. The van der Waals surface area contributed by atoms with Crippen LogP contribution in [0.1, 0.15) is 11.1 Å². The van der Waals surface area contributed by atoms with Crippen molar-refractivity contribution in [3.8, 4) is 11.5 Å². The number of imide groups is 2. The molecule has 10 heteroatoms. The highest BCUT2D eigenvalue weighted by molar-refractivity contribution is 9.10. The van der Waals surface area contributed by atoms with Crippen LogP contribution in [-0.2, 0) is 16.2 Å². The molecule has 4 amide bonds. The fraction of sp³-hybridized carbons (Fsp3) is 0.0800. The van der Waals surface area contributed by atoms with Crippen molar-refractivity contribution in [2.24, 2.45) is 0 Å². The van der Waals surface area contributed by atoms with E-state index in [1.54, 1.807) is 60.7 Å². The van der Waals surface area contributed by atoms with Gasteiger partial charge in [-0.2, -0.15) is 0 Å². The van der Waals surface area contributed by atoms with Gasteiger partial charge in [-0.25, -0.2) is 9.69 Å². The first-order chi connectivity index (χ1) is 16.8. The van der Waals surface area contributed by atoms with Crippen molar-refractivity contribution in [3.63, 3.8) is 0 Å². The van der Waals surface area contributed by atoms with Gasteiger partial charge in [0.2, 0.25) is 0 Å². The summed E-state index contributed by atoms with van der Waals surface area (Å²) in [6, 6.07) is 15.8. The van der Waals surface area contributed by atoms with Crippen LogP contribution in [-0.4, -0.2) is 25.0 Å². The van der Waals surface area contributed by atoms with Gasteiger partial charge in [0.15, 0.2) is 0 Å². The number of halogens is 3. The predicted octanol–water partition coefficient (Wildman–Crippen LogP) is 6.01. The van der Waals surface area contributed by atoms with E-state index < -0.39 is 17.8 Å². The lowest BCUT2D eigenvalue weighted by molar-refractivity contribution is -0.122. The maximum atomic E-state index is 13.2. The summed E-state index contributed by atoms with van der Waals surface area (Å²) >= 11 is 15.4. The third-order valence-corrected chi connectivity index (χ3v) is 6.31. The van der Waals surface area contributed by atoms with Crippen molar-refractivity contribution < 1.29 is 23.9 Å².